The second-order valence-corrected chi connectivity index (χ2v) is 5.59. The third kappa shape index (κ3) is 3.06. The third-order valence-electron chi connectivity index (χ3n) is 2.54. The van der Waals surface area contributed by atoms with E-state index < -0.39 is 0 Å². The zero-order valence-electron chi connectivity index (χ0n) is 9.29. The van der Waals surface area contributed by atoms with E-state index >= 15 is 0 Å². The lowest BCUT2D eigenvalue weighted by molar-refractivity contribution is 0.0991. The summed E-state index contributed by atoms with van der Waals surface area (Å²) in [6, 6.07) is 11.7. The molecule has 0 aromatic heterocycles. The summed E-state index contributed by atoms with van der Waals surface area (Å²) in [6.07, 6.45) is 0.0573. The number of hydrogen-bond donors (Lipinski definition) is 0. The molecule has 0 amide bonds. The van der Waals surface area contributed by atoms with Crippen LogP contribution in [0.25, 0.3) is 0 Å². The second-order valence-electron chi connectivity index (χ2n) is 3.82. The number of benzene rings is 2. The molecule has 1 nitrogen and oxygen atoms in total. The van der Waals surface area contributed by atoms with Crippen molar-refractivity contribution >= 4 is 37.6 Å². The first-order valence-corrected chi connectivity index (χ1v) is 6.88. The smallest absolute Gasteiger partial charge is 0.168 e. The molecule has 0 radical (unpaired) electrons. The minimum absolute atomic E-state index is 0.0573. The maximum Gasteiger partial charge on any atom is 0.168 e. The van der Waals surface area contributed by atoms with Gasteiger partial charge in [-0.2, -0.15) is 0 Å². The molecule has 0 saturated heterocycles. The predicted octanol–water partition coefficient (Wildman–Crippen LogP) is 4.78. The topological polar surface area (TPSA) is 17.1 Å². The number of rotatable bonds is 3. The molecular weight excluding hydrogens is 363 g/mol. The molecule has 92 valence electrons. The molecule has 0 bridgehead atoms. The van der Waals surface area contributed by atoms with E-state index in [0.717, 1.165) is 4.47 Å². The molecule has 0 unspecified atom stereocenters. The summed E-state index contributed by atoms with van der Waals surface area (Å²) in [5.41, 5.74) is 0.960. The number of carbonyl (C=O) groups is 1. The van der Waals surface area contributed by atoms with Crippen molar-refractivity contribution in [3.63, 3.8) is 0 Å². The van der Waals surface area contributed by atoms with E-state index in [0.29, 0.717) is 15.6 Å². The van der Waals surface area contributed by atoms with Crippen LogP contribution in [-0.2, 0) is 6.42 Å². The lowest BCUT2D eigenvalue weighted by Crippen LogP contribution is -2.06. The highest BCUT2D eigenvalue weighted by Crippen LogP contribution is 2.23. The van der Waals surface area contributed by atoms with Crippen molar-refractivity contribution in [3.05, 3.63) is 68.4 Å². The first kappa shape index (κ1) is 13.4. The molecule has 0 heterocycles. The second kappa shape index (κ2) is 5.76. The molecule has 0 atom stereocenters. The maximum atomic E-state index is 13.5. The monoisotopic (exact) mass is 370 g/mol. The van der Waals surface area contributed by atoms with Gasteiger partial charge in [0.2, 0.25) is 0 Å². The minimum Gasteiger partial charge on any atom is -0.294 e. The fraction of sp³-hybridized carbons (Fsp3) is 0.0714. The van der Waals surface area contributed by atoms with Crippen molar-refractivity contribution in [1.29, 1.82) is 0 Å². The van der Waals surface area contributed by atoms with Gasteiger partial charge in [-0.1, -0.05) is 50.1 Å². The Kier molecular flexibility index (Phi) is 4.30. The third-order valence-corrected chi connectivity index (χ3v) is 3.72. The fourth-order valence-corrected chi connectivity index (χ4v) is 2.45. The van der Waals surface area contributed by atoms with E-state index in [-0.39, 0.29) is 18.0 Å². The Bertz CT molecular complexity index is 596. The van der Waals surface area contributed by atoms with Crippen LogP contribution in [0.3, 0.4) is 0 Å². The van der Waals surface area contributed by atoms with Gasteiger partial charge in [0, 0.05) is 20.9 Å². The molecule has 0 aliphatic heterocycles. The largest absolute Gasteiger partial charge is 0.294 e. The molecule has 0 saturated carbocycles. The number of carbonyl (C=O) groups excluding carboxylic acids is 1. The Hall–Kier alpha value is -1.000. The van der Waals surface area contributed by atoms with E-state index in [1.54, 1.807) is 30.3 Å². The molecule has 2 aromatic carbocycles. The van der Waals surface area contributed by atoms with Gasteiger partial charge < -0.3 is 0 Å². The van der Waals surface area contributed by atoms with Crippen LogP contribution in [0.1, 0.15) is 15.9 Å². The highest BCUT2D eigenvalue weighted by Gasteiger charge is 2.13. The van der Waals surface area contributed by atoms with Crippen LogP contribution in [-0.4, -0.2) is 5.78 Å². The van der Waals surface area contributed by atoms with E-state index in [2.05, 4.69) is 31.9 Å². The average Bonchev–Trinajstić information content (AvgIpc) is 2.35. The number of hydrogen-bond acceptors (Lipinski definition) is 1. The predicted molar refractivity (Wildman–Crippen MR) is 76.3 cm³/mol. The zero-order chi connectivity index (χ0) is 13.1. The summed E-state index contributed by atoms with van der Waals surface area (Å²) in [5, 5.41) is 0. The van der Waals surface area contributed by atoms with Crippen molar-refractivity contribution in [2.75, 3.05) is 0 Å². The molecule has 0 fully saturated rings. The molecule has 0 N–H and O–H groups in total. The van der Waals surface area contributed by atoms with Gasteiger partial charge in [-0.25, -0.2) is 4.39 Å². The zero-order valence-corrected chi connectivity index (χ0v) is 12.5. The molecular formula is C14H9Br2FO. The van der Waals surface area contributed by atoms with Crippen molar-refractivity contribution in [2.45, 2.75) is 6.42 Å². The van der Waals surface area contributed by atoms with Gasteiger partial charge in [-0.05, 0) is 29.8 Å². The van der Waals surface area contributed by atoms with Gasteiger partial charge in [0.25, 0.3) is 0 Å². The standard InChI is InChI=1S/C14H9Br2FO/c15-10-5-6-12(16)11(8-10)14(18)7-9-3-1-2-4-13(9)17/h1-6,8H,7H2. The lowest BCUT2D eigenvalue weighted by Gasteiger charge is -2.05. The SMILES string of the molecule is O=C(Cc1ccccc1F)c1cc(Br)ccc1Br. The summed E-state index contributed by atoms with van der Waals surface area (Å²) in [5.74, 6) is -0.467. The van der Waals surface area contributed by atoms with Crippen LogP contribution in [0.15, 0.2) is 51.4 Å². The van der Waals surface area contributed by atoms with E-state index in [1.165, 1.54) is 6.07 Å². The Labute approximate surface area is 121 Å². The summed E-state index contributed by atoms with van der Waals surface area (Å²) in [7, 11) is 0. The summed E-state index contributed by atoms with van der Waals surface area (Å²) < 4.78 is 15.0. The Morgan fingerprint density at radius 3 is 2.56 bits per heavy atom. The molecule has 18 heavy (non-hydrogen) atoms. The van der Waals surface area contributed by atoms with Gasteiger partial charge in [-0.3, -0.25) is 4.79 Å². The van der Waals surface area contributed by atoms with E-state index in [9.17, 15) is 9.18 Å². The number of Topliss-reactive ketones (excluding diaryl/α,β-unsaturated/α-hetero) is 1. The molecule has 2 rings (SSSR count). The molecule has 0 aliphatic rings. The van der Waals surface area contributed by atoms with Crippen LogP contribution in [0.4, 0.5) is 4.39 Å². The molecule has 2 aromatic rings. The Morgan fingerprint density at radius 1 is 1.11 bits per heavy atom. The van der Waals surface area contributed by atoms with Gasteiger partial charge in [0.05, 0.1) is 0 Å². The highest BCUT2D eigenvalue weighted by atomic mass is 79.9. The Morgan fingerprint density at radius 2 is 1.83 bits per heavy atom. The van der Waals surface area contributed by atoms with Crippen molar-refractivity contribution < 1.29 is 9.18 Å². The summed E-state index contributed by atoms with van der Waals surface area (Å²) >= 11 is 6.64. The quantitative estimate of drug-likeness (QED) is 0.710. The van der Waals surface area contributed by atoms with Crippen molar-refractivity contribution in [3.8, 4) is 0 Å². The first-order chi connectivity index (χ1) is 8.58. The summed E-state index contributed by atoms with van der Waals surface area (Å²) in [4.78, 5) is 12.1. The van der Waals surface area contributed by atoms with E-state index in [1.807, 2.05) is 6.07 Å². The fourth-order valence-electron chi connectivity index (χ4n) is 1.62. The number of ketones is 1. The normalized spacial score (nSPS) is 10.4. The number of halogens is 3. The highest BCUT2D eigenvalue weighted by molar-refractivity contribution is 9.11. The average molecular weight is 372 g/mol. The molecule has 0 aliphatic carbocycles. The van der Waals surface area contributed by atoms with Gasteiger partial charge >= 0.3 is 0 Å². The van der Waals surface area contributed by atoms with Crippen LogP contribution >= 0.6 is 31.9 Å². The van der Waals surface area contributed by atoms with Crippen LogP contribution in [0, 0.1) is 5.82 Å². The first-order valence-electron chi connectivity index (χ1n) is 5.29. The van der Waals surface area contributed by atoms with E-state index in [4.69, 9.17) is 0 Å². The minimum atomic E-state index is -0.350. The van der Waals surface area contributed by atoms with Gasteiger partial charge in [0.15, 0.2) is 5.78 Å². The van der Waals surface area contributed by atoms with Gasteiger partial charge in [-0.15, -0.1) is 0 Å². The van der Waals surface area contributed by atoms with Gasteiger partial charge in [0.1, 0.15) is 5.82 Å². The van der Waals surface area contributed by atoms with Crippen LogP contribution in [0.2, 0.25) is 0 Å². The Balaban J connectivity index is 2.28. The molecule has 4 heteroatoms. The van der Waals surface area contributed by atoms with Crippen molar-refractivity contribution in [1.82, 2.24) is 0 Å². The van der Waals surface area contributed by atoms with Crippen LogP contribution < -0.4 is 0 Å². The summed E-state index contributed by atoms with van der Waals surface area (Å²) in [6.45, 7) is 0. The maximum absolute atomic E-state index is 13.5. The van der Waals surface area contributed by atoms with Crippen LogP contribution in [0.5, 0.6) is 0 Å². The van der Waals surface area contributed by atoms with Crippen molar-refractivity contribution in [2.24, 2.45) is 0 Å². The lowest BCUT2D eigenvalue weighted by atomic mass is 10.0. The molecule has 0 spiro atoms.